The fraction of sp³-hybridized carbons (Fsp3) is 0.786. The average Bonchev–Trinajstić information content (AvgIpc) is 3.00. The van der Waals surface area contributed by atoms with E-state index in [9.17, 15) is 8.42 Å². The summed E-state index contributed by atoms with van der Waals surface area (Å²) in [5, 5.41) is 0. The van der Waals surface area contributed by atoms with Crippen molar-refractivity contribution in [1.29, 1.82) is 0 Å². The minimum atomic E-state index is -3.14. The lowest BCUT2D eigenvalue weighted by Gasteiger charge is -2.26. The molecule has 114 valence electrons. The third kappa shape index (κ3) is 3.41. The molecule has 2 rings (SSSR count). The van der Waals surface area contributed by atoms with Crippen LogP contribution < -0.4 is 0 Å². The topological polar surface area (TPSA) is 55.2 Å². The normalized spacial score (nSPS) is 22.2. The highest BCUT2D eigenvalue weighted by Crippen LogP contribution is 2.24. The Morgan fingerprint density at radius 1 is 1.50 bits per heavy atom. The zero-order chi connectivity index (χ0) is 14.8. The fourth-order valence-electron chi connectivity index (χ4n) is 2.75. The minimum Gasteiger partial charge on any atom is -0.334 e. The Hall–Kier alpha value is -0.880. The van der Waals surface area contributed by atoms with Crippen LogP contribution in [0.4, 0.5) is 0 Å². The molecule has 2 atom stereocenters. The molecular formula is C14H25N3O2S. The molecule has 1 fully saturated rings. The van der Waals surface area contributed by atoms with Gasteiger partial charge in [-0.15, -0.1) is 0 Å². The lowest BCUT2D eigenvalue weighted by atomic mass is 10.2. The number of imidazole rings is 1. The van der Waals surface area contributed by atoms with Crippen LogP contribution in [0.15, 0.2) is 12.4 Å². The number of sulfonamides is 1. The molecule has 20 heavy (non-hydrogen) atoms. The van der Waals surface area contributed by atoms with E-state index in [0.717, 1.165) is 25.1 Å². The molecule has 0 radical (unpaired) electrons. The standard InChI is InChI=1S/C14H25N3O2S/c1-4-12(2)11-20(18,19)17-8-5-6-14(17)10-16-9-7-15-13(16)3/h7,9,12,14H,4-6,8,10-11H2,1-3H3. The van der Waals surface area contributed by atoms with Crippen molar-refractivity contribution in [2.24, 2.45) is 5.92 Å². The Balaban J connectivity index is 2.09. The Kier molecular flexibility index (Phi) is 4.86. The van der Waals surface area contributed by atoms with Gasteiger partial charge in [-0.3, -0.25) is 0 Å². The molecule has 2 unspecified atom stereocenters. The highest BCUT2D eigenvalue weighted by molar-refractivity contribution is 7.89. The van der Waals surface area contributed by atoms with Gasteiger partial charge in [0.2, 0.25) is 10.0 Å². The number of aryl methyl sites for hydroxylation is 1. The van der Waals surface area contributed by atoms with Gasteiger partial charge in [0.05, 0.1) is 5.75 Å². The fourth-order valence-corrected chi connectivity index (χ4v) is 4.93. The number of aromatic nitrogens is 2. The van der Waals surface area contributed by atoms with Crippen LogP contribution in [0.25, 0.3) is 0 Å². The van der Waals surface area contributed by atoms with E-state index in [0.29, 0.717) is 13.1 Å². The first kappa shape index (κ1) is 15.5. The summed E-state index contributed by atoms with van der Waals surface area (Å²) in [6.45, 7) is 7.37. The second-order valence-corrected chi connectivity index (χ2v) is 7.79. The molecule has 0 bridgehead atoms. The summed E-state index contributed by atoms with van der Waals surface area (Å²) in [6.07, 6.45) is 6.49. The predicted molar refractivity (Wildman–Crippen MR) is 79.9 cm³/mol. The van der Waals surface area contributed by atoms with E-state index < -0.39 is 10.0 Å². The van der Waals surface area contributed by atoms with Crippen LogP contribution in [0.1, 0.15) is 38.9 Å². The van der Waals surface area contributed by atoms with Gasteiger partial charge in [-0.25, -0.2) is 13.4 Å². The second-order valence-electron chi connectivity index (χ2n) is 5.83. The summed E-state index contributed by atoms with van der Waals surface area (Å²) in [7, 11) is -3.14. The predicted octanol–water partition coefficient (Wildman–Crippen LogP) is 2.03. The van der Waals surface area contributed by atoms with Crippen LogP contribution in [-0.2, 0) is 16.6 Å². The van der Waals surface area contributed by atoms with E-state index in [1.165, 1.54) is 0 Å². The van der Waals surface area contributed by atoms with E-state index in [2.05, 4.69) is 4.98 Å². The van der Waals surface area contributed by atoms with Crippen LogP contribution in [0.3, 0.4) is 0 Å². The maximum atomic E-state index is 12.5. The highest BCUT2D eigenvalue weighted by atomic mass is 32.2. The zero-order valence-electron chi connectivity index (χ0n) is 12.6. The molecular weight excluding hydrogens is 274 g/mol. The van der Waals surface area contributed by atoms with Gasteiger partial charge in [0.25, 0.3) is 0 Å². The third-order valence-corrected chi connectivity index (χ3v) is 6.39. The molecule has 2 heterocycles. The van der Waals surface area contributed by atoms with Gasteiger partial charge in [-0.05, 0) is 25.7 Å². The third-order valence-electron chi connectivity index (χ3n) is 4.20. The van der Waals surface area contributed by atoms with Crippen molar-refractivity contribution in [3.05, 3.63) is 18.2 Å². The van der Waals surface area contributed by atoms with Crippen molar-refractivity contribution in [3.8, 4) is 0 Å². The Labute approximate surface area is 122 Å². The Bertz CT molecular complexity index is 538. The van der Waals surface area contributed by atoms with Gasteiger partial charge in [0.15, 0.2) is 0 Å². The molecule has 0 spiro atoms. The molecule has 0 aliphatic carbocycles. The summed E-state index contributed by atoms with van der Waals surface area (Å²) in [6, 6.07) is 0.0805. The van der Waals surface area contributed by atoms with Crippen LogP contribution in [0, 0.1) is 12.8 Å². The first-order valence-electron chi connectivity index (χ1n) is 7.41. The largest absolute Gasteiger partial charge is 0.334 e. The van der Waals surface area contributed by atoms with Gasteiger partial charge in [-0.1, -0.05) is 20.3 Å². The van der Waals surface area contributed by atoms with Gasteiger partial charge >= 0.3 is 0 Å². The molecule has 1 aliphatic heterocycles. The number of nitrogens with zero attached hydrogens (tertiary/aromatic N) is 3. The second kappa shape index (κ2) is 6.26. The van der Waals surface area contributed by atoms with Crippen molar-refractivity contribution in [2.75, 3.05) is 12.3 Å². The molecule has 1 aliphatic rings. The lowest BCUT2D eigenvalue weighted by molar-refractivity contribution is 0.347. The van der Waals surface area contributed by atoms with Crippen molar-refractivity contribution in [3.63, 3.8) is 0 Å². The van der Waals surface area contributed by atoms with Gasteiger partial charge in [0, 0.05) is 31.5 Å². The van der Waals surface area contributed by atoms with E-state index in [1.54, 1.807) is 10.5 Å². The quantitative estimate of drug-likeness (QED) is 0.807. The first-order chi connectivity index (χ1) is 9.44. The zero-order valence-corrected chi connectivity index (χ0v) is 13.4. The molecule has 0 amide bonds. The van der Waals surface area contributed by atoms with Crippen LogP contribution >= 0.6 is 0 Å². The van der Waals surface area contributed by atoms with Crippen molar-refractivity contribution >= 4 is 10.0 Å². The Morgan fingerprint density at radius 3 is 2.85 bits per heavy atom. The van der Waals surface area contributed by atoms with E-state index >= 15 is 0 Å². The van der Waals surface area contributed by atoms with Crippen molar-refractivity contribution in [2.45, 2.75) is 52.6 Å². The van der Waals surface area contributed by atoms with Gasteiger partial charge in [-0.2, -0.15) is 4.31 Å². The average molecular weight is 299 g/mol. The molecule has 5 nitrogen and oxygen atoms in total. The number of rotatable bonds is 6. The molecule has 0 N–H and O–H groups in total. The van der Waals surface area contributed by atoms with Crippen molar-refractivity contribution in [1.82, 2.24) is 13.9 Å². The molecule has 1 aromatic rings. The van der Waals surface area contributed by atoms with Crippen LogP contribution in [-0.4, -0.2) is 40.6 Å². The molecule has 0 saturated carbocycles. The van der Waals surface area contributed by atoms with E-state index in [-0.39, 0.29) is 17.7 Å². The smallest absolute Gasteiger partial charge is 0.214 e. The summed E-state index contributed by atoms with van der Waals surface area (Å²) < 4.78 is 28.8. The van der Waals surface area contributed by atoms with Crippen molar-refractivity contribution < 1.29 is 8.42 Å². The number of hydrogen-bond acceptors (Lipinski definition) is 3. The molecule has 1 aromatic heterocycles. The highest BCUT2D eigenvalue weighted by Gasteiger charge is 2.34. The molecule has 0 aromatic carbocycles. The number of hydrogen-bond donors (Lipinski definition) is 0. The molecule has 1 saturated heterocycles. The summed E-state index contributed by atoms with van der Waals surface area (Å²) >= 11 is 0. The lowest BCUT2D eigenvalue weighted by Crippen LogP contribution is -2.40. The van der Waals surface area contributed by atoms with Gasteiger partial charge in [0.1, 0.15) is 5.82 Å². The van der Waals surface area contributed by atoms with E-state index in [4.69, 9.17) is 0 Å². The molecule has 6 heteroatoms. The SMILES string of the molecule is CCC(C)CS(=O)(=O)N1CCCC1Cn1ccnc1C. The minimum absolute atomic E-state index is 0.0805. The summed E-state index contributed by atoms with van der Waals surface area (Å²) in [5.74, 6) is 1.43. The van der Waals surface area contributed by atoms with Crippen LogP contribution in [0.2, 0.25) is 0 Å². The maximum Gasteiger partial charge on any atom is 0.214 e. The maximum absolute atomic E-state index is 12.5. The van der Waals surface area contributed by atoms with Crippen LogP contribution in [0.5, 0.6) is 0 Å². The van der Waals surface area contributed by atoms with E-state index in [1.807, 2.05) is 31.5 Å². The monoisotopic (exact) mass is 299 g/mol. The van der Waals surface area contributed by atoms with Gasteiger partial charge < -0.3 is 4.57 Å². The first-order valence-corrected chi connectivity index (χ1v) is 9.02. The summed E-state index contributed by atoms with van der Waals surface area (Å²) in [5.41, 5.74) is 0. The summed E-state index contributed by atoms with van der Waals surface area (Å²) in [4.78, 5) is 4.20. The Morgan fingerprint density at radius 2 is 2.25 bits per heavy atom.